The van der Waals surface area contributed by atoms with E-state index in [4.69, 9.17) is 4.74 Å². The Morgan fingerprint density at radius 3 is 2.90 bits per heavy atom. The van der Waals surface area contributed by atoms with Crippen LogP contribution in [0, 0.1) is 0 Å². The first-order valence-electron chi connectivity index (χ1n) is 6.53. The molecule has 0 bridgehead atoms. The third kappa shape index (κ3) is 3.93. The Bertz CT molecular complexity index is 578. The summed E-state index contributed by atoms with van der Waals surface area (Å²) in [7, 11) is 3.51. The number of anilines is 1. The second-order valence-electron chi connectivity index (χ2n) is 4.65. The quantitative estimate of drug-likeness (QED) is 0.873. The fourth-order valence-corrected chi connectivity index (χ4v) is 2.02. The fourth-order valence-electron chi connectivity index (χ4n) is 2.02. The van der Waals surface area contributed by atoms with Crippen molar-refractivity contribution in [2.45, 2.75) is 12.8 Å². The van der Waals surface area contributed by atoms with Gasteiger partial charge in [-0.05, 0) is 23.6 Å². The van der Waals surface area contributed by atoms with Crippen molar-refractivity contribution in [3.63, 3.8) is 0 Å². The molecule has 0 unspecified atom stereocenters. The molecule has 0 fully saturated rings. The monoisotopic (exact) mass is 273 g/mol. The highest BCUT2D eigenvalue weighted by Crippen LogP contribution is 2.16. The molecule has 1 N–H and O–H groups in total. The molecule has 0 aliphatic carbocycles. The predicted molar refractivity (Wildman–Crippen MR) is 77.6 cm³/mol. The number of ether oxygens (including phenoxy) is 1. The number of rotatable bonds is 6. The van der Waals surface area contributed by atoms with Gasteiger partial charge in [-0.2, -0.15) is 5.10 Å². The van der Waals surface area contributed by atoms with Crippen molar-refractivity contribution in [1.82, 2.24) is 9.78 Å². The number of hydrogen-bond acceptors (Lipinski definition) is 3. The zero-order chi connectivity index (χ0) is 14.4. The largest absolute Gasteiger partial charge is 0.384 e. The molecule has 5 nitrogen and oxygen atoms in total. The van der Waals surface area contributed by atoms with Crippen LogP contribution in [0.1, 0.15) is 11.1 Å². The number of carbonyl (C=O) groups excluding carboxylic acids is 1. The van der Waals surface area contributed by atoms with E-state index in [1.807, 2.05) is 37.5 Å². The Kier molecular flexibility index (Phi) is 4.90. The zero-order valence-electron chi connectivity index (χ0n) is 11.8. The normalized spacial score (nSPS) is 10.5. The highest BCUT2D eigenvalue weighted by Gasteiger charge is 2.08. The molecule has 0 atom stereocenters. The lowest BCUT2D eigenvalue weighted by atomic mass is 10.1. The first kappa shape index (κ1) is 14.3. The lowest BCUT2D eigenvalue weighted by Gasteiger charge is -2.10. The van der Waals surface area contributed by atoms with Crippen molar-refractivity contribution >= 4 is 11.6 Å². The van der Waals surface area contributed by atoms with Crippen LogP contribution in [0.5, 0.6) is 0 Å². The van der Waals surface area contributed by atoms with Crippen LogP contribution in [-0.4, -0.2) is 29.4 Å². The van der Waals surface area contributed by atoms with Crippen molar-refractivity contribution in [3.8, 4) is 0 Å². The maximum Gasteiger partial charge on any atom is 0.228 e. The Morgan fingerprint density at radius 1 is 1.40 bits per heavy atom. The number of carbonyl (C=O) groups is 1. The van der Waals surface area contributed by atoms with Crippen LogP contribution in [0.3, 0.4) is 0 Å². The summed E-state index contributed by atoms with van der Waals surface area (Å²) in [5.41, 5.74) is 2.83. The smallest absolute Gasteiger partial charge is 0.228 e. The highest BCUT2D eigenvalue weighted by atomic mass is 16.5. The first-order valence-corrected chi connectivity index (χ1v) is 6.53. The molecule has 1 aromatic carbocycles. The molecule has 1 aromatic heterocycles. The number of hydrogen-bond donors (Lipinski definition) is 1. The summed E-state index contributed by atoms with van der Waals surface area (Å²) < 4.78 is 6.77. The Hall–Kier alpha value is -2.14. The number of benzene rings is 1. The van der Waals surface area contributed by atoms with E-state index < -0.39 is 0 Å². The van der Waals surface area contributed by atoms with Crippen LogP contribution in [-0.2, 0) is 29.4 Å². The number of aryl methyl sites for hydroxylation is 1. The molecule has 0 aliphatic rings. The van der Waals surface area contributed by atoms with Gasteiger partial charge in [0.15, 0.2) is 0 Å². The lowest BCUT2D eigenvalue weighted by molar-refractivity contribution is -0.115. The molecule has 106 valence electrons. The third-order valence-electron chi connectivity index (χ3n) is 2.99. The zero-order valence-corrected chi connectivity index (χ0v) is 11.8. The number of amides is 1. The van der Waals surface area contributed by atoms with Gasteiger partial charge in [0.1, 0.15) is 0 Å². The van der Waals surface area contributed by atoms with Crippen molar-refractivity contribution in [2.24, 2.45) is 7.05 Å². The fraction of sp³-hybridized carbons (Fsp3) is 0.333. The van der Waals surface area contributed by atoms with Gasteiger partial charge in [-0.15, -0.1) is 0 Å². The van der Waals surface area contributed by atoms with Crippen LogP contribution in [0.4, 0.5) is 5.69 Å². The summed E-state index contributed by atoms with van der Waals surface area (Å²) in [6.45, 7) is 0.634. The van der Waals surface area contributed by atoms with Gasteiger partial charge < -0.3 is 10.1 Å². The van der Waals surface area contributed by atoms with Crippen LogP contribution in [0.25, 0.3) is 0 Å². The van der Waals surface area contributed by atoms with Gasteiger partial charge in [0.25, 0.3) is 0 Å². The Morgan fingerprint density at radius 2 is 2.20 bits per heavy atom. The summed E-state index contributed by atoms with van der Waals surface area (Å²) >= 11 is 0. The number of aromatic nitrogens is 2. The van der Waals surface area contributed by atoms with Crippen LogP contribution >= 0.6 is 0 Å². The van der Waals surface area contributed by atoms with Crippen molar-refractivity contribution < 1.29 is 9.53 Å². The molecule has 1 heterocycles. The van der Waals surface area contributed by atoms with Gasteiger partial charge in [0.2, 0.25) is 5.91 Å². The van der Waals surface area contributed by atoms with Crippen LogP contribution in [0.15, 0.2) is 36.7 Å². The van der Waals surface area contributed by atoms with Crippen LogP contribution in [0.2, 0.25) is 0 Å². The first-order chi connectivity index (χ1) is 9.69. The van der Waals surface area contributed by atoms with Gasteiger partial charge in [-0.1, -0.05) is 18.2 Å². The summed E-state index contributed by atoms with van der Waals surface area (Å²) in [5, 5.41) is 7.00. The molecule has 5 heteroatoms. The van der Waals surface area contributed by atoms with Crippen molar-refractivity contribution in [3.05, 3.63) is 47.8 Å². The number of nitrogens with zero attached hydrogens (tertiary/aromatic N) is 2. The predicted octanol–water partition coefficient (Wildman–Crippen LogP) is 1.79. The molecular formula is C15H19N3O2. The van der Waals surface area contributed by atoms with Crippen molar-refractivity contribution in [1.29, 1.82) is 0 Å². The molecule has 0 aliphatic heterocycles. The standard InChI is InChI=1S/C15H19N3O2/c1-18-11-12(10-16-18)9-15(19)17-14-6-4-3-5-13(14)7-8-20-2/h3-6,10-11H,7-9H2,1-2H3,(H,17,19). The minimum atomic E-state index is -0.0390. The van der Waals surface area contributed by atoms with E-state index in [9.17, 15) is 4.79 Å². The van der Waals surface area contributed by atoms with E-state index in [-0.39, 0.29) is 5.91 Å². The molecule has 0 saturated carbocycles. The molecule has 2 rings (SSSR count). The molecule has 1 amide bonds. The van der Waals surface area contributed by atoms with Crippen molar-refractivity contribution in [2.75, 3.05) is 19.0 Å². The van der Waals surface area contributed by atoms with Gasteiger partial charge >= 0.3 is 0 Å². The average molecular weight is 273 g/mol. The van der Waals surface area contributed by atoms with Gasteiger partial charge in [-0.25, -0.2) is 0 Å². The summed E-state index contributed by atoms with van der Waals surface area (Å²) in [5.74, 6) is -0.0390. The molecule has 0 spiro atoms. The van der Waals surface area contributed by atoms with Gasteiger partial charge in [-0.3, -0.25) is 9.48 Å². The number of methoxy groups -OCH3 is 1. The molecule has 20 heavy (non-hydrogen) atoms. The van der Waals surface area contributed by atoms with Gasteiger partial charge in [0, 0.05) is 26.0 Å². The second-order valence-corrected chi connectivity index (χ2v) is 4.65. The number of nitrogens with one attached hydrogen (secondary N) is 1. The number of para-hydroxylation sites is 1. The minimum absolute atomic E-state index is 0.0390. The Balaban J connectivity index is 2.00. The van der Waals surface area contributed by atoms with Gasteiger partial charge in [0.05, 0.1) is 19.2 Å². The third-order valence-corrected chi connectivity index (χ3v) is 2.99. The highest BCUT2D eigenvalue weighted by molar-refractivity contribution is 5.92. The Labute approximate surface area is 118 Å². The maximum absolute atomic E-state index is 12.0. The van der Waals surface area contributed by atoms with E-state index in [1.54, 1.807) is 18.0 Å². The molecule has 0 radical (unpaired) electrons. The summed E-state index contributed by atoms with van der Waals surface area (Å²) in [4.78, 5) is 12.0. The van der Waals surface area contributed by atoms with E-state index in [0.29, 0.717) is 13.0 Å². The average Bonchev–Trinajstić information content (AvgIpc) is 2.83. The van der Waals surface area contributed by atoms with Crippen LogP contribution < -0.4 is 5.32 Å². The maximum atomic E-state index is 12.0. The SMILES string of the molecule is COCCc1ccccc1NC(=O)Cc1cnn(C)c1. The summed E-state index contributed by atoms with van der Waals surface area (Å²) in [6, 6.07) is 7.78. The van der Waals surface area contributed by atoms with E-state index in [2.05, 4.69) is 10.4 Å². The molecule has 0 saturated heterocycles. The molecule has 2 aromatic rings. The van der Waals surface area contributed by atoms with E-state index in [1.165, 1.54) is 0 Å². The minimum Gasteiger partial charge on any atom is -0.384 e. The topological polar surface area (TPSA) is 56.1 Å². The molecular weight excluding hydrogens is 254 g/mol. The summed E-state index contributed by atoms with van der Waals surface area (Å²) in [6.07, 6.45) is 4.65. The lowest BCUT2D eigenvalue weighted by Crippen LogP contribution is -2.15. The second kappa shape index (κ2) is 6.86. The van der Waals surface area contributed by atoms with E-state index in [0.717, 1.165) is 23.2 Å². The van der Waals surface area contributed by atoms with E-state index >= 15 is 0 Å².